The van der Waals surface area contributed by atoms with E-state index in [0.29, 0.717) is 27.7 Å². The first-order chi connectivity index (χ1) is 13.1. The van der Waals surface area contributed by atoms with Crippen LogP contribution in [0, 0.1) is 0 Å². The summed E-state index contributed by atoms with van der Waals surface area (Å²) in [4.78, 5) is 17.0. The highest BCUT2D eigenvalue weighted by molar-refractivity contribution is 8.03. The van der Waals surface area contributed by atoms with Crippen molar-refractivity contribution in [3.8, 4) is 17.2 Å². The van der Waals surface area contributed by atoms with Gasteiger partial charge in [0.25, 0.3) is 0 Å². The highest BCUT2D eigenvalue weighted by atomic mass is 32.2. The van der Waals surface area contributed by atoms with Gasteiger partial charge in [-0.05, 0) is 30.5 Å². The molecule has 0 atom stereocenters. The molecule has 27 heavy (non-hydrogen) atoms. The van der Waals surface area contributed by atoms with Crippen molar-refractivity contribution in [3.63, 3.8) is 0 Å². The van der Waals surface area contributed by atoms with Crippen LogP contribution in [0.1, 0.15) is 15.9 Å². The number of aromatic amines is 1. The number of ether oxygens (including phenoxy) is 3. The molecule has 1 heterocycles. The largest absolute Gasteiger partial charge is 0.493 e. The zero-order valence-corrected chi connectivity index (χ0v) is 16.5. The Hall–Kier alpha value is -2.86. The van der Waals surface area contributed by atoms with E-state index in [9.17, 15) is 4.79 Å². The maximum Gasteiger partial charge on any atom is 0.203 e. The Labute approximate surface area is 162 Å². The van der Waals surface area contributed by atoms with Gasteiger partial charge in [-0.1, -0.05) is 18.2 Å². The van der Waals surface area contributed by atoms with Crippen molar-refractivity contribution >= 4 is 34.5 Å². The molecule has 0 radical (unpaired) electrons. The van der Waals surface area contributed by atoms with Crippen LogP contribution in [0.3, 0.4) is 0 Å². The lowest BCUT2D eigenvalue weighted by Crippen LogP contribution is -2.04. The van der Waals surface area contributed by atoms with Gasteiger partial charge in [-0.25, -0.2) is 0 Å². The highest BCUT2D eigenvalue weighted by Crippen LogP contribution is 2.39. The van der Waals surface area contributed by atoms with Gasteiger partial charge in [0.15, 0.2) is 17.3 Å². The van der Waals surface area contributed by atoms with E-state index in [1.807, 2.05) is 42.8 Å². The second-order valence-electron chi connectivity index (χ2n) is 5.75. The number of hydrogen-bond acceptors (Lipinski definition) is 5. The molecule has 0 aliphatic heterocycles. The van der Waals surface area contributed by atoms with Gasteiger partial charge in [0.05, 0.1) is 26.2 Å². The smallest absolute Gasteiger partial charge is 0.203 e. The lowest BCUT2D eigenvalue weighted by atomic mass is 10.1. The number of ketones is 1. The van der Waals surface area contributed by atoms with Gasteiger partial charge in [-0.2, -0.15) is 0 Å². The van der Waals surface area contributed by atoms with E-state index in [4.69, 9.17) is 14.2 Å². The Balaban J connectivity index is 2.05. The number of carbonyl (C=O) groups excluding carboxylic acids is 1. The van der Waals surface area contributed by atoms with Crippen LogP contribution in [0.15, 0.2) is 47.5 Å². The van der Waals surface area contributed by atoms with Crippen LogP contribution < -0.4 is 14.2 Å². The predicted molar refractivity (Wildman–Crippen MR) is 110 cm³/mol. The molecule has 2 aromatic carbocycles. The summed E-state index contributed by atoms with van der Waals surface area (Å²) in [6, 6.07) is 11.3. The molecule has 0 amide bonds. The number of para-hydroxylation sites is 1. The molecule has 3 rings (SSSR count). The third-order valence-corrected chi connectivity index (χ3v) is 5.02. The van der Waals surface area contributed by atoms with E-state index in [0.717, 1.165) is 16.5 Å². The predicted octanol–water partition coefficient (Wildman–Crippen LogP) is 4.78. The van der Waals surface area contributed by atoms with Gasteiger partial charge in [-0.15, -0.1) is 11.8 Å². The fourth-order valence-corrected chi connectivity index (χ4v) is 3.47. The molecular formula is C21H21NO4S. The van der Waals surface area contributed by atoms with Crippen molar-refractivity contribution in [2.24, 2.45) is 0 Å². The molecule has 140 valence electrons. The number of fused-ring (bicyclic) bond motifs is 1. The first kappa shape index (κ1) is 18.9. The number of methoxy groups -OCH3 is 3. The summed E-state index contributed by atoms with van der Waals surface area (Å²) in [6.45, 7) is 0. The normalized spacial score (nSPS) is 11.5. The van der Waals surface area contributed by atoms with Crippen LogP contribution in [0.2, 0.25) is 0 Å². The van der Waals surface area contributed by atoms with Gasteiger partial charge in [0, 0.05) is 28.2 Å². The monoisotopic (exact) mass is 383 g/mol. The molecule has 0 bridgehead atoms. The maximum atomic E-state index is 13.1. The average Bonchev–Trinajstić information content (AvgIpc) is 3.13. The van der Waals surface area contributed by atoms with Crippen molar-refractivity contribution in [3.05, 3.63) is 58.6 Å². The highest BCUT2D eigenvalue weighted by Gasteiger charge is 2.19. The molecule has 1 aromatic heterocycles. The number of benzene rings is 2. The molecular weight excluding hydrogens is 362 g/mol. The Morgan fingerprint density at radius 2 is 1.70 bits per heavy atom. The van der Waals surface area contributed by atoms with Crippen molar-refractivity contribution in [1.29, 1.82) is 0 Å². The second-order valence-corrected chi connectivity index (χ2v) is 6.59. The molecule has 6 heteroatoms. The number of rotatable bonds is 7. The number of nitrogens with one attached hydrogen (secondary N) is 1. The zero-order chi connectivity index (χ0) is 19.4. The maximum absolute atomic E-state index is 13.1. The van der Waals surface area contributed by atoms with Crippen LogP contribution in [0.25, 0.3) is 17.0 Å². The molecule has 0 aliphatic rings. The first-order valence-corrected chi connectivity index (χ1v) is 9.52. The zero-order valence-electron chi connectivity index (χ0n) is 15.7. The lowest BCUT2D eigenvalue weighted by molar-refractivity contribution is 0.104. The summed E-state index contributed by atoms with van der Waals surface area (Å²) in [5.41, 5.74) is 2.48. The van der Waals surface area contributed by atoms with Crippen molar-refractivity contribution in [1.82, 2.24) is 4.98 Å². The minimum atomic E-state index is -0.105. The summed E-state index contributed by atoms with van der Waals surface area (Å²) in [5, 5.41) is 1.07. The average molecular weight is 383 g/mol. The number of hydrogen-bond donors (Lipinski definition) is 1. The Morgan fingerprint density at radius 1 is 1.04 bits per heavy atom. The van der Waals surface area contributed by atoms with Crippen LogP contribution in [0.5, 0.6) is 17.2 Å². The number of carbonyl (C=O) groups is 1. The van der Waals surface area contributed by atoms with Crippen molar-refractivity contribution in [2.75, 3.05) is 27.6 Å². The summed E-state index contributed by atoms with van der Waals surface area (Å²) in [5.74, 6) is 1.26. The molecule has 0 spiro atoms. The number of thioether (sulfide) groups is 1. The first-order valence-electron chi connectivity index (χ1n) is 8.29. The van der Waals surface area contributed by atoms with E-state index >= 15 is 0 Å². The quantitative estimate of drug-likeness (QED) is 0.470. The number of Topliss-reactive ketones (excluding diaryl/α,β-unsaturated/α-hetero) is 1. The molecule has 0 saturated carbocycles. The summed E-state index contributed by atoms with van der Waals surface area (Å²) in [7, 11) is 4.59. The van der Waals surface area contributed by atoms with Gasteiger partial charge in [-0.3, -0.25) is 4.79 Å². The Kier molecular flexibility index (Phi) is 5.76. The van der Waals surface area contributed by atoms with Gasteiger partial charge in [0.1, 0.15) is 0 Å². The Bertz CT molecular complexity index is 981. The van der Waals surface area contributed by atoms with E-state index in [-0.39, 0.29) is 5.78 Å². The Morgan fingerprint density at radius 3 is 2.30 bits per heavy atom. The summed E-state index contributed by atoms with van der Waals surface area (Å²) >= 11 is 1.40. The molecule has 0 aliphatic carbocycles. The molecule has 0 unspecified atom stereocenters. The third kappa shape index (κ3) is 3.66. The standard InChI is InChI=1S/C21H21NO4S/c1-24-17-9-13(10-18(25-2)21(17)26-3)20(23)19(27-4)11-14-12-22-16-8-6-5-7-15(14)16/h5-12,22H,1-4H3. The second kappa shape index (κ2) is 8.22. The molecule has 3 aromatic rings. The summed E-state index contributed by atoms with van der Waals surface area (Å²) in [6.07, 6.45) is 5.69. The lowest BCUT2D eigenvalue weighted by Gasteiger charge is -2.14. The van der Waals surface area contributed by atoms with Gasteiger partial charge >= 0.3 is 0 Å². The van der Waals surface area contributed by atoms with Crippen LogP contribution >= 0.6 is 11.8 Å². The molecule has 0 fully saturated rings. The fraction of sp³-hybridized carbons (Fsp3) is 0.190. The van der Waals surface area contributed by atoms with Crippen molar-refractivity contribution < 1.29 is 19.0 Å². The SMILES string of the molecule is COc1cc(C(=O)C(=Cc2c[nH]c3ccccc23)SC)cc(OC)c1OC. The third-order valence-electron chi connectivity index (χ3n) is 4.28. The van der Waals surface area contributed by atoms with E-state index in [2.05, 4.69) is 4.98 Å². The minimum Gasteiger partial charge on any atom is -0.493 e. The van der Waals surface area contributed by atoms with Crippen LogP contribution in [0.4, 0.5) is 0 Å². The van der Waals surface area contributed by atoms with E-state index < -0.39 is 0 Å². The van der Waals surface area contributed by atoms with Crippen LogP contribution in [-0.2, 0) is 0 Å². The number of allylic oxidation sites excluding steroid dienone is 1. The van der Waals surface area contributed by atoms with Crippen LogP contribution in [-0.4, -0.2) is 38.4 Å². The molecule has 5 nitrogen and oxygen atoms in total. The van der Waals surface area contributed by atoms with Gasteiger partial charge in [0.2, 0.25) is 5.75 Å². The summed E-state index contributed by atoms with van der Waals surface area (Å²) < 4.78 is 16.0. The fourth-order valence-electron chi connectivity index (χ4n) is 2.93. The van der Waals surface area contributed by atoms with Crippen molar-refractivity contribution in [2.45, 2.75) is 0 Å². The van der Waals surface area contributed by atoms with E-state index in [1.165, 1.54) is 33.1 Å². The van der Waals surface area contributed by atoms with E-state index in [1.54, 1.807) is 12.1 Å². The number of aromatic nitrogens is 1. The molecule has 1 N–H and O–H groups in total. The topological polar surface area (TPSA) is 60.6 Å². The minimum absolute atomic E-state index is 0.105. The van der Waals surface area contributed by atoms with Gasteiger partial charge < -0.3 is 19.2 Å². The number of H-pyrrole nitrogens is 1. The molecule has 0 saturated heterocycles.